The van der Waals surface area contributed by atoms with Crippen LogP contribution in [0.5, 0.6) is 28.7 Å². The molecule has 0 spiro atoms. The number of amides is 2. The summed E-state index contributed by atoms with van der Waals surface area (Å²) in [6.07, 6.45) is -4.51. The molecule has 0 saturated carbocycles. The maximum atomic E-state index is 13.0. The number of nitrogens with zero attached hydrogens (tertiary/aromatic N) is 3. The van der Waals surface area contributed by atoms with Gasteiger partial charge in [-0.15, -0.1) is 0 Å². The largest absolute Gasteiger partial charge is 0.507 e. The van der Waals surface area contributed by atoms with Gasteiger partial charge in [-0.3, -0.25) is 19.4 Å². The molecule has 4 N–H and O–H groups in total. The Morgan fingerprint density at radius 3 is 2.47 bits per heavy atom. The molecule has 1 unspecified atom stereocenters. The fourth-order valence-corrected chi connectivity index (χ4v) is 7.74. The maximum absolute atomic E-state index is 13.0. The minimum Gasteiger partial charge on any atom is -0.507 e. The van der Waals surface area contributed by atoms with Crippen molar-refractivity contribution in [3.8, 4) is 34.8 Å². The van der Waals surface area contributed by atoms with Gasteiger partial charge in [0.15, 0.2) is 23.0 Å². The number of benzene rings is 2. The number of halogens is 3. The van der Waals surface area contributed by atoms with Gasteiger partial charge in [0.1, 0.15) is 17.8 Å². The Balaban J connectivity index is 0.00000433. The molecule has 2 aromatic carbocycles. The average molecular weight is 873 g/mol. The molecule has 2 bridgehead atoms. The summed E-state index contributed by atoms with van der Waals surface area (Å²) in [5.74, 6) is -2.18. The van der Waals surface area contributed by atoms with E-state index in [0.29, 0.717) is 45.9 Å². The van der Waals surface area contributed by atoms with Crippen LogP contribution in [0.2, 0.25) is 0 Å². The number of fused-ring (bicyclic) bond motifs is 9. The third-order valence-corrected chi connectivity index (χ3v) is 9.76. The van der Waals surface area contributed by atoms with E-state index in [1.54, 1.807) is 12.2 Å². The van der Waals surface area contributed by atoms with E-state index in [4.69, 9.17) is 14.2 Å². The summed E-state index contributed by atoms with van der Waals surface area (Å²) in [6.45, 7) is 4.33. The Morgan fingerprint density at radius 2 is 1.83 bits per heavy atom. The third kappa shape index (κ3) is 5.57. The summed E-state index contributed by atoms with van der Waals surface area (Å²) in [4.78, 5) is 28.5. The topological polar surface area (TPSA) is 157 Å². The first-order valence-corrected chi connectivity index (χ1v) is 14.8. The zero-order chi connectivity index (χ0) is 33.4. The number of alkyl halides is 3. The fourth-order valence-electron chi connectivity index (χ4n) is 7.74. The number of likely N-dealkylation sites (N-methyl/N-ethyl adjacent to an activating group) is 1. The summed E-state index contributed by atoms with van der Waals surface area (Å²) in [5, 5.41) is 38.0. The van der Waals surface area contributed by atoms with Gasteiger partial charge >= 0.3 is 12.1 Å². The van der Waals surface area contributed by atoms with Crippen molar-refractivity contribution in [1.29, 1.82) is 5.26 Å². The number of phenolic OH excluding ortho intramolecular Hbond substituents is 2. The van der Waals surface area contributed by atoms with Crippen LogP contribution >= 0.6 is 0 Å². The van der Waals surface area contributed by atoms with Crippen molar-refractivity contribution < 1.29 is 91.2 Å². The Kier molecular flexibility index (Phi) is 9.63. The number of hydrogen-bond acceptors (Lipinski definition) is 10. The number of carbonyl (C=O) groups excluding carboxylic acids is 2. The predicted molar refractivity (Wildman–Crippen MR) is 155 cm³/mol. The number of aromatic hydroxyl groups is 2. The standard InChI is InChI=1S/C31H34F3N5O7.Ac/c1-12-6-15-7-17-19(9-35)39-18(23(38(17)4)21(15)25(41)26(12)44-5)8-16-22(28-27(45-11-46-28)13(2)24(16)40)20(39)10-36-29(42)14(3)37-30(43)31(32,33)34;/h6,14,17-20,23,40-41H,7-8,10-11H2,1-5H3,(H,36,42)(H,37,43);/t14-,17+,18?,19+,20+,23+;/m1./s1. The molecular weight excluding hydrogens is 838 g/mol. The average Bonchev–Trinajstić information content (AvgIpc) is 3.48. The van der Waals surface area contributed by atoms with E-state index < -0.39 is 48.2 Å². The Morgan fingerprint density at radius 1 is 1.15 bits per heavy atom. The summed E-state index contributed by atoms with van der Waals surface area (Å²) in [5.41, 5.74) is 3.71. The van der Waals surface area contributed by atoms with Crippen LogP contribution in [0.3, 0.4) is 0 Å². The van der Waals surface area contributed by atoms with E-state index in [0.717, 1.165) is 18.1 Å². The zero-order valence-electron chi connectivity index (χ0n) is 26.4. The minimum absolute atomic E-state index is 0. The van der Waals surface area contributed by atoms with Crippen LogP contribution in [0.15, 0.2) is 6.07 Å². The van der Waals surface area contributed by atoms with Crippen LogP contribution in [-0.4, -0.2) is 89.7 Å². The molecule has 1 saturated heterocycles. The normalized spacial score (nSPS) is 24.9. The van der Waals surface area contributed by atoms with Crippen LogP contribution in [0, 0.1) is 69.2 Å². The monoisotopic (exact) mass is 872 g/mol. The number of ether oxygens (including phenoxy) is 3. The first-order valence-electron chi connectivity index (χ1n) is 14.8. The number of rotatable bonds is 5. The van der Waals surface area contributed by atoms with E-state index in [-0.39, 0.29) is 81.4 Å². The summed E-state index contributed by atoms with van der Waals surface area (Å²) in [7, 11) is 3.35. The first-order chi connectivity index (χ1) is 21.7. The minimum atomic E-state index is -5.17. The molecule has 4 aliphatic rings. The van der Waals surface area contributed by atoms with Crippen molar-refractivity contribution in [1.82, 2.24) is 20.4 Å². The fraction of sp³-hybridized carbons (Fsp3) is 0.516. The summed E-state index contributed by atoms with van der Waals surface area (Å²) >= 11 is 0. The predicted octanol–water partition coefficient (Wildman–Crippen LogP) is 2.41. The van der Waals surface area contributed by atoms with Crippen molar-refractivity contribution in [2.45, 2.75) is 76.0 Å². The van der Waals surface area contributed by atoms with E-state index in [1.807, 2.05) is 24.9 Å². The molecule has 16 heteroatoms. The van der Waals surface area contributed by atoms with Crippen molar-refractivity contribution in [2.24, 2.45) is 0 Å². The number of aryl methyl sites for hydroxylation is 1. The van der Waals surface area contributed by atoms with Gasteiger partial charge in [-0.2, -0.15) is 18.4 Å². The smallest absolute Gasteiger partial charge is 0.471 e. The third-order valence-electron chi connectivity index (χ3n) is 9.76. The second-order valence-corrected chi connectivity index (χ2v) is 12.2. The maximum Gasteiger partial charge on any atom is 0.471 e. The van der Waals surface area contributed by atoms with Gasteiger partial charge in [-0.05, 0) is 51.8 Å². The van der Waals surface area contributed by atoms with E-state index in [1.165, 1.54) is 7.11 Å². The Labute approximate surface area is 304 Å². The zero-order valence-corrected chi connectivity index (χ0v) is 31.1. The molecule has 6 rings (SSSR count). The molecule has 2 aromatic rings. The summed E-state index contributed by atoms with van der Waals surface area (Å²) < 4.78 is 55.7. The molecular formula is C31H34AcF3N5O7. The van der Waals surface area contributed by atoms with Crippen molar-refractivity contribution in [2.75, 3.05) is 27.5 Å². The van der Waals surface area contributed by atoms with Crippen molar-refractivity contribution in [3.63, 3.8) is 0 Å². The second kappa shape index (κ2) is 12.8. The summed E-state index contributed by atoms with van der Waals surface area (Å²) in [6, 6.07) is -0.0339. The molecule has 12 nitrogen and oxygen atoms in total. The van der Waals surface area contributed by atoms with Crippen LogP contribution in [0.4, 0.5) is 13.2 Å². The van der Waals surface area contributed by atoms with Gasteiger partial charge in [-0.25, -0.2) is 0 Å². The molecule has 1 fully saturated rings. The van der Waals surface area contributed by atoms with Crippen LogP contribution in [0.25, 0.3) is 0 Å². The SMILES string of the molecule is COc1c(C)cc2c(c1O)[C@@H]1C3Cc4c(O)c(C)c5c(c4[C@H](CNC(=O)[C@@H](C)NC(=O)C(F)(F)F)N3[C@@H](C#N)[C@H](C2)N1C)OCO5.[Ac]. The van der Waals surface area contributed by atoms with E-state index in [2.05, 4.69) is 16.3 Å². The molecule has 0 aromatic heterocycles. The molecule has 4 aliphatic heterocycles. The Hall–Kier alpha value is -2.98. The molecule has 6 atom stereocenters. The number of methoxy groups -OCH3 is 1. The van der Waals surface area contributed by atoms with Crippen LogP contribution in [0.1, 0.15) is 52.4 Å². The second-order valence-electron chi connectivity index (χ2n) is 12.2. The van der Waals surface area contributed by atoms with Crippen molar-refractivity contribution >= 4 is 11.8 Å². The number of piperazine rings is 1. The number of nitriles is 1. The van der Waals surface area contributed by atoms with Gasteiger partial charge < -0.3 is 35.1 Å². The van der Waals surface area contributed by atoms with Crippen LogP contribution < -0.4 is 24.8 Å². The number of carbonyl (C=O) groups is 2. The first kappa shape index (κ1) is 35.3. The quantitative estimate of drug-likeness (QED) is 0.352. The van der Waals surface area contributed by atoms with Crippen molar-refractivity contribution in [3.05, 3.63) is 39.4 Å². The van der Waals surface area contributed by atoms with E-state index in [9.17, 15) is 38.2 Å². The van der Waals surface area contributed by atoms with E-state index >= 15 is 0 Å². The van der Waals surface area contributed by atoms with Gasteiger partial charge in [0.05, 0.1) is 25.3 Å². The van der Waals surface area contributed by atoms with Gasteiger partial charge in [-0.1, -0.05) is 6.07 Å². The molecule has 4 heterocycles. The molecule has 1 radical (unpaired) electrons. The number of hydrogen-bond donors (Lipinski definition) is 4. The van der Waals surface area contributed by atoms with Gasteiger partial charge in [0, 0.05) is 84.9 Å². The Bertz CT molecular complexity index is 1680. The van der Waals surface area contributed by atoms with Gasteiger partial charge in [0.25, 0.3) is 0 Å². The van der Waals surface area contributed by atoms with Gasteiger partial charge in [0.2, 0.25) is 12.7 Å². The van der Waals surface area contributed by atoms with Crippen LogP contribution in [-0.2, 0) is 22.4 Å². The molecule has 47 heavy (non-hydrogen) atoms. The number of nitrogens with one attached hydrogen (secondary N) is 2. The molecule has 2 amide bonds. The molecule has 0 aliphatic carbocycles. The number of phenols is 2. The molecule has 249 valence electrons.